The summed E-state index contributed by atoms with van der Waals surface area (Å²) in [6, 6.07) is 5.20. The van der Waals surface area contributed by atoms with Crippen LogP contribution in [0, 0.1) is 11.8 Å². The molecule has 1 saturated heterocycles. The number of likely N-dealkylation sites (tertiary alicyclic amines) is 1. The average Bonchev–Trinajstić information content (AvgIpc) is 3.53. The molecule has 4 atom stereocenters. The van der Waals surface area contributed by atoms with Crippen molar-refractivity contribution in [3.63, 3.8) is 0 Å². The molecular formula is C28H40N4O6. The summed E-state index contributed by atoms with van der Waals surface area (Å²) >= 11 is 0. The van der Waals surface area contributed by atoms with Gasteiger partial charge < -0.3 is 26.0 Å². The highest BCUT2D eigenvalue weighted by Gasteiger charge is 2.43. The molecule has 0 radical (unpaired) electrons. The minimum Gasteiger partial charge on any atom is -0.446 e. The van der Waals surface area contributed by atoms with Gasteiger partial charge in [0, 0.05) is 6.54 Å². The first-order valence-electron chi connectivity index (χ1n) is 13.5. The van der Waals surface area contributed by atoms with E-state index in [9.17, 15) is 24.0 Å². The van der Waals surface area contributed by atoms with Crippen LogP contribution in [0.2, 0.25) is 0 Å². The molecule has 1 aliphatic heterocycles. The van der Waals surface area contributed by atoms with Crippen LogP contribution in [0.15, 0.2) is 24.3 Å². The normalized spacial score (nSPS) is 19.4. The molecule has 208 valence electrons. The number of benzene rings is 1. The third-order valence-corrected chi connectivity index (χ3v) is 7.62. The van der Waals surface area contributed by atoms with Crippen LogP contribution in [0.3, 0.4) is 0 Å². The second-order valence-corrected chi connectivity index (χ2v) is 10.7. The third-order valence-electron chi connectivity index (χ3n) is 7.62. The van der Waals surface area contributed by atoms with Gasteiger partial charge in [-0.3, -0.25) is 19.2 Å². The first-order chi connectivity index (χ1) is 18.0. The molecule has 1 aromatic carbocycles. The Labute approximate surface area is 224 Å². The van der Waals surface area contributed by atoms with Crippen LogP contribution >= 0.6 is 0 Å². The van der Waals surface area contributed by atoms with Gasteiger partial charge >= 0.3 is 6.09 Å². The molecule has 0 spiro atoms. The Bertz CT molecular complexity index is 1030. The SMILES string of the molecule is CCCC(NC(=O)[C@@H]1CCCN1C(=O)[C@@H](NC(=O)OC(C)C(C)C)C1Cc2ccccc2C1)C(=O)C(N)=O. The molecule has 1 aromatic rings. The molecule has 1 heterocycles. The molecule has 4 amide bonds. The molecule has 2 unspecified atom stereocenters. The van der Waals surface area contributed by atoms with Crippen molar-refractivity contribution >= 4 is 29.6 Å². The number of fused-ring (bicyclic) bond motifs is 1. The Kier molecular flexibility index (Phi) is 9.88. The Morgan fingerprint density at radius 3 is 2.24 bits per heavy atom. The summed E-state index contributed by atoms with van der Waals surface area (Å²) in [6.45, 7) is 7.85. The Hall–Kier alpha value is -3.43. The van der Waals surface area contributed by atoms with Crippen molar-refractivity contribution in [3.05, 3.63) is 35.4 Å². The van der Waals surface area contributed by atoms with Gasteiger partial charge in [-0.05, 0) is 62.0 Å². The lowest BCUT2D eigenvalue weighted by Gasteiger charge is -2.32. The number of carbonyl (C=O) groups is 5. The summed E-state index contributed by atoms with van der Waals surface area (Å²) in [5.74, 6) is -2.92. The highest BCUT2D eigenvalue weighted by atomic mass is 16.6. The predicted octanol–water partition coefficient (Wildman–Crippen LogP) is 1.87. The van der Waals surface area contributed by atoms with E-state index >= 15 is 0 Å². The molecule has 1 fully saturated rings. The van der Waals surface area contributed by atoms with Gasteiger partial charge in [0.2, 0.25) is 17.6 Å². The number of nitrogens with zero attached hydrogens (tertiary/aromatic N) is 1. The number of hydrogen-bond donors (Lipinski definition) is 3. The van der Waals surface area contributed by atoms with Crippen LogP contribution in [0.25, 0.3) is 0 Å². The second-order valence-electron chi connectivity index (χ2n) is 10.7. The first-order valence-corrected chi connectivity index (χ1v) is 13.5. The van der Waals surface area contributed by atoms with Crippen molar-refractivity contribution in [3.8, 4) is 0 Å². The van der Waals surface area contributed by atoms with Gasteiger partial charge in [-0.2, -0.15) is 0 Å². The number of nitrogens with one attached hydrogen (secondary N) is 2. The third kappa shape index (κ3) is 6.90. The lowest BCUT2D eigenvalue weighted by Crippen LogP contribution is -2.58. The second kappa shape index (κ2) is 12.9. The number of hydrogen-bond acceptors (Lipinski definition) is 6. The summed E-state index contributed by atoms with van der Waals surface area (Å²) < 4.78 is 5.51. The van der Waals surface area contributed by atoms with E-state index in [4.69, 9.17) is 10.5 Å². The number of ketones is 1. The molecule has 10 heteroatoms. The number of amides is 4. The van der Waals surface area contributed by atoms with E-state index in [1.807, 2.05) is 45.0 Å². The van der Waals surface area contributed by atoms with E-state index < -0.39 is 41.8 Å². The highest BCUT2D eigenvalue weighted by Crippen LogP contribution is 2.31. The standard InChI is InChI=1S/C28H40N4O6/c1-5-9-21(24(33)25(29)34)30-26(35)22-12-8-13-32(22)27(36)23(31-28(37)38-17(4)16(2)3)20-14-18-10-6-7-11-19(18)15-20/h6-7,10-11,16-17,20-23H,5,8-9,12-15H2,1-4H3,(H2,29,34)(H,30,35)(H,31,37)/t17?,21?,22-,23-/m0/s1. The summed E-state index contributed by atoms with van der Waals surface area (Å²) in [6.07, 6.45) is 2.05. The monoisotopic (exact) mass is 528 g/mol. The number of Topliss-reactive ketones (excluding diaryl/α,β-unsaturated/α-hetero) is 1. The van der Waals surface area contributed by atoms with Gasteiger partial charge in [-0.15, -0.1) is 0 Å². The van der Waals surface area contributed by atoms with Gasteiger partial charge in [0.05, 0.1) is 6.04 Å². The van der Waals surface area contributed by atoms with Gasteiger partial charge in [-0.1, -0.05) is 51.5 Å². The number of primary amides is 1. The number of nitrogens with two attached hydrogens (primary N) is 1. The van der Waals surface area contributed by atoms with Gasteiger partial charge in [-0.25, -0.2) is 4.79 Å². The van der Waals surface area contributed by atoms with E-state index in [0.29, 0.717) is 38.6 Å². The van der Waals surface area contributed by atoms with E-state index in [2.05, 4.69) is 10.6 Å². The quantitative estimate of drug-likeness (QED) is 0.374. The van der Waals surface area contributed by atoms with Crippen molar-refractivity contribution in [2.45, 2.75) is 90.4 Å². The van der Waals surface area contributed by atoms with E-state index in [-0.39, 0.29) is 30.3 Å². The Morgan fingerprint density at radius 2 is 1.68 bits per heavy atom. The number of rotatable bonds is 11. The fraction of sp³-hybridized carbons (Fsp3) is 0.607. The van der Waals surface area contributed by atoms with Crippen molar-refractivity contribution in [1.82, 2.24) is 15.5 Å². The largest absolute Gasteiger partial charge is 0.446 e. The lowest BCUT2D eigenvalue weighted by molar-refractivity contribution is -0.142. The van der Waals surface area contributed by atoms with Gasteiger partial charge in [0.25, 0.3) is 5.91 Å². The molecular weight excluding hydrogens is 488 g/mol. The molecule has 0 aromatic heterocycles. The van der Waals surface area contributed by atoms with Crippen molar-refractivity contribution < 1.29 is 28.7 Å². The molecule has 10 nitrogen and oxygen atoms in total. The maximum absolute atomic E-state index is 13.9. The van der Waals surface area contributed by atoms with Crippen LogP contribution in [0.1, 0.15) is 64.5 Å². The smallest absolute Gasteiger partial charge is 0.408 e. The number of ether oxygens (including phenoxy) is 1. The fourth-order valence-corrected chi connectivity index (χ4v) is 5.15. The molecule has 1 aliphatic carbocycles. The minimum atomic E-state index is -1.11. The van der Waals surface area contributed by atoms with Crippen molar-refractivity contribution in [2.75, 3.05) is 6.54 Å². The summed E-state index contributed by atoms with van der Waals surface area (Å²) in [5, 5.41) is 5.44. The topological polar surface area (TPSA) is 148 Å². The van der Waals surface area contributed by atoms with Crippen LogP contribution in [-0.4, -0.2) is 65.3 Å². The van der Waals surface area contributed by atoms with Crippen LogP contribution < -0.4 is 16.4 Å². The fourth-order valence-electron chi connectivity index (χ4n) is 5.15. The van der Waals surface area contributed by atoms with E-state index in [1.165, 1.54) is 4.90 Å². The molecule has 2 aliphatic rings. The molecule has 38 heavy (non-hydrogen) atoms. The molecule has 0 saturated carbocycles. The first kappa shape index (κ1) is 29.1. The van der Waals surface area contributed by atoms with Gasteiger partial charge in [0.15, 0.2) is 0 Å². The molecule has 4 N–H and O–H groups in total. The molecule has 0 bridgehead atoms. The maximum atomic E-state index is 13.9. The summed E-state index contributed by atoms with van der Waals surface area (Å²) in [5.41, 5.74) is 7.42. The summed E-state index contributed by atoms with van der Waals surface area (Å²) in [7, 11) is 0. The van der Waals surface area contributed by atoms with Crippen molar-refractivity contribution in [1.29, 1.82) is 0 Å². The zero-order valence-corrected chi connectivity index (χ0v) is 22.7. The maximum Gasteiger partial charge on any atom is 0.408 e. The van der Waals surface area contributed by atoms with Crippen molar-refractivity contribution in [2.24, 2.45) is 17.6 Å². The predicted molar refractivity (Wildman–Crippen MR) is 141 cm³/mol. The van der Waals surface area contributed by atoms with Crippen LogP contribution in [0.5, 0.6) is 0 Å². The van der Waals surface area contributed by atoms with Gasteiger partial charge in [0.1, 0.15) is 18.2 Å². The molecule has 3 rings (SSSR count). The Balaban J connectivity index is 1.80. The van der Waals surface area contributed by atoms with Crippen LogP contribution in [0.4, 0.5) is 4.79 Å². The lowest BCUT2D eigenvalue weighted by atomic mass is 9.95. The van der Waals surface area contributed by atoms with E-state index in [1.54, 1.807) is 6.92 Å². The average molecular weight is 529 g/mol. The van der Waals surface area contributed by atoms with Crippen LogP contribution in [-0.2, 0) is 36.8 Å². The zero-order valence-electron chi connectivity index (χ0n) is 22.7. The van der Waals surface area contributed by atoms with E-state index in [0.717, 1.165) is 11.1 Å². The summed E-state index contributed by atoms with van der Waals surface area (Å²) in [4.78, 5) is 65.1. The minimum absolute atomic E-state index is 0.108. The highest BCUT2D eigenvalue weighted by molar-refractivity contribution is 6.37. The zero-order chi connectivity index (χ0) is 28.0. The number of carbonyl (C=O) groups excluding carboxylic acids is 5. The number of alkyl carbamates (subject to hydrolysis) is 1. The Morgan fingerprint density at radius 1 is 1.05 bits per heavy atom.